The molecule has 0 aliphatic rings. The summed E-state index contributed by atoms with van der Waals surface area (Å²) in [5.74, 6) is 0. The maximum Gasteiger partial charge on any atom is 0.271 e. The van der Waals surface area contributed by atoms with E-state index >= 15 is 0 Å². The van der Waals surface area contributed by atoms with Crippen LogP contribution in [0.4, 0.5) is 5.69 Å². The van der Waals surface area contributed by atoms with Crippen LogP contribution in [0, 0.1) is 0 Å². The third-order valence-electron chi connectivity index (χ3n) is 2.79. The Morgan fingerprint density at radius 1 is 1.24 bits per heavy atom. The molecule has 0 radical (unpaired) electrons. The van der Waals surface area contributed by atoms with Crippen LogP contribution in [0.1, 0.15) is 18.2 Å². The predicted molar refractivity (Wildman–Crippen MR) is 86.2 cm³/mol. The van der Waals surface area contributed by atoms with Crippen molar-refractivity contribution in [3.63, 3.8) is 0 Å². The number of nitrogens with one attached hydrogen (secondary N) is 2. The Morgan fingerprint density at radius 3 is 2.81 bits per heavy atom. The molecule has 2 heterocycles. The number of sulfonamides is 1. The smallest absolute Gasteiger partial charge is 0.271 e. The van der Waals surface area contributed by atoms with Crippen LogP contribution in [-0.4, -0.2) is 26.5 Å². The van der Waals surface area contributed by atoms with E-state index in [1.54, 1.807) is 24.4 Å². The number of hydrogen-bond donors (Lipinski definition) is 2. The number of nitrogens with zero attached hydrogens (tertiary/aromatic N) is 1. The average molecular weight is 325 g/mol. The molecule has 0 saturated carbocycles. The van der Waals surface area contributed by atoms with Gasteiger partial charge >= 0.3 is 0 Å². The summed E-state index contributed by atoms with van der Waals surface area (Å²) in [5, 5.41) is 3.30. The van der Waals surface area contributed by atoms with E-state index in [4.69, 9.17) is 0 Å². The lowest BCUT2D eigenvalue weighted by Crippen LogP contribution is -2.17. The minimum atomic E-state index is -3.52. The number of hydrogen-bond acceptors (Lipinski definition) is 5. The Morgan fingerprint density at radius 2 is 2.10 bits per heavy atom. The highest BCUT2D eigenvalue weighted by Gasteiger charge is 2.16. The van der Waals surface area contributed by atoms with Gasteiger partial charge in [-0.1, -0.05) is 6.92 Å². The lowest BCUT2D eigenvalue weighted by atomic mass is 10.3. The summed E-state index contributed by atoms with van der Waals surface area (Å²) in [7, 11) is -3.52. The first-order chi connectivity index (χ1) is 10.1. The molecule has 2 aromatic heterocycles. The average Bonchev–Trinajstić information content (AvgIpc) is 2.94. The molecule has 5 nitrogen and oxygen atoms in total. The van der Waals surface area contributed by atoms with Gasteiger partial charge in [-0.25, -0.2) is 8.42 Å². The van der Waals surface area contributed by atoms with Crippen molar-refractivity contribution in [2.75, 3.05) is 17.8 Å². The zero-order chi connectivity index (χ0) is 15.1. The lowest BCUT2D eigenvalue weighted by Gasteiger charge is -2.05. The zero-order valence-corrected chi connectivity index (χ0v) is 13.5. The maximum atomic E-state index is 12.2. The van der Waals surface area contributed by atoms with Crippen LogP contribution in [0.2, 0.25) is 0 Å². The van der Waals surface area contributed by atoms with Gasteiger partial charge in [-0.2, -0.15) is 0 Å². The molecule has 114 valence electrons. The summed E-state index contributed by atoms with van der Waals surface area (Å²) >= 11 is 1.31. The molecule has 0 spiro atoms. The molecule has 2 aromatic rings. The topological polar surface area (TPSA) is 71.1 Å². The second kappa shape index (κ2) is 7.53. The van der Waals surface area contributed by atoms with E-state index in [1.807, 2.05) is 6.07 Å². The summed E-state index contributed by atoms with van der Waals surface area (Å²) in [6.07, 6.45) is 5.03. The van der Waals surface area contributed by atoms with Crippen LogP contribution in [0.15, 0.2) is 40.9 Å². The Labute approximate surface area is 129 Å². The highest BCUT2D eigenvalue weighted by molar-refractivity contribution is 7.94. The standard InChI is InChI=1S/C14H19N3O2S2/c1-2-8-15-10-7-13-5-6-14(20-13)21(18,19)17-12-4-3-9-16-11-12/h3-6,9,11,15,17H,2,7-8,10H2,1H3. The molecule has 0 bridgehead atoms. The van der Waals surface area contributed by atoms with Gasteiger partial charge in [0.25, 0.3) is 10.0 Å². The molecule has 7 heteroatoms. The van der Waals surface area contributed by atoms with Gasteiger partial charge in [-0.05, 0) is 50.2 Å². The third-order valence-corrected chi connectivity index (χ3v) is 5.81. The van der Waals surface area contributed by atoms with Crippen LogP contribution in [0.3, 0.4) is 0 Å². The van der Waals surface area contributed by atoms with Crippen LogP contribution < -0.4 is 10.0 Å². The van der Waals surface area contributed by atoms with Crippen molar-refractivity contribution in [1.29, 1.82) is 0 Å². The second-order valence-corrected chi connectivity index (χ2v) is 7.65. The molecule has 2 N–H and O–H groups in total. The molecule has 2 rings (SSSR count). The number of pyridine rings is 1. The highest BCUT2D eigenvalue weighted by Crippen LogP contribution is 2.24. The molecule has 0 atom stereocenters. The van der Waals surface area contributed by atoms with Crippen molar-refractivity contribution < 1.29 is 8.42 Å². The van der Waals surface area contributed by atoms with Gasteiger partial charge in [0.15, 0.2) is 0 Å². The van der Waals surface area contributed by atoms with Crippen LogP contribution in [-0.2, 0) is 16.4 Å². The molecule has 0 aliphatic carbocycles. The minimum absolute atomic E-state index is 0.330. The van der Waals surface area contributed by atoms with E-state index in [9.17, 15) is 8.42 Å². The van der Waals surface area contributed by atoms with Gasteiger partial charge in [0.05, 0.1) is 11.9 Å². The molecule has 0 saturated heterocycles. The summed E-state index contributed by atoms with van der Waals surface area (Å²) < 4.78 is 27.4. The van der Waals surface area contributed by atoms with Gasteiger partial charge in [0.1, 0.15) is 4.21 Å². The van der Waals surface area contributed by atoms with E-state index in [0.29, 0.717) is 9.90 Å². The Hall–Kier alpha value is -1.44. The number of thiophene rings is 1. The van der Waals surface area contributed by atoms with Crippen LogP contribution in [0.25, 0.3) is 0 Å². The fourth-order valence-corrected chi connectivity index (χ4v) is 4.18. The van der Waals surface area contributed by atoms with Crippen molar-refractivity contribution in [1.82, 2.24) is 10.3 Å². The van der Waals surface area contributed by atoms with E-state index < -0.39 is 10.0 Å². The van der Waals surface area contributed by atoms with Crippen molar-refractivity contribution in [3.8, 4) is 0 Å². The Bertz CT molecular complexity index is 654. The Kier molecular flexibility index (Phi) is 5.72. The molecule has 0 aromatic carbocycles. The zero-order valence-electron chi connectivity index (χ0n) is 11.9. The van der Waals surface area contributed by atoms with Crippen LogP contribution in [0.5, 0.6) is 0 Å². The molecule has 0 aliphatic heterocycles. The largest absolute Gasteiger partial charge is 0.316 e. The molecular formula is C14H19N3O2S2. The SMILES string of the molecule is CCCNCCc1ccc(S(=O)(=O)Nc2cccnc2)s1. The maximum absolute atomic E-state index is 12.2. The molecular weight excluding hydrogens is 306 g/mol. The first-order valence-electron chi connectivity index (χ1n) is 6.84. The highest BCUT2D eigenvalue weighted by atomic mass is 32.2. The van der Waals surface area contributed by atoms with Crippen LogP contribution >= 0.6 is 11.3 Å². The summed E-state index contributed by atoms with van der Waals surface area (Å²) in [4.78, 5) is 4.95. The van der Waals surface area contributed by atoms with Gasteiger partial charge in [-0.15, -0.1) is 11.3 Å². The number of rotatable bonds is 8. The van der Waals surface area contributed by atoms with Crippen molar-refractivity contribution in [2.24, 2.45) is 0 Å². The molecule has 0 unspecified atom stereocenters. The third kappa shape index (κ3) is 4.80. The van der Waals surface area contributed by atoms with E-state index in [2.05, 4.69) is 21.9 Å². The minimum Gasteiger partial charge on any atom is -0.316 e. The molecule has 0 amide bonds. The molecule has 21 heavy (non-hydrogen) atoms. The van der Waals surface area contributed by atoms with Gasteiger partial charge < -0.3 is 5.32 Å². The van der Waals surface area contributed by atoms with E-state index in [-0.39, 0.29) is 0 Å². The van der Waals surface area contributed by atoms with Crippen molar-refractivity contribution in [3.05, 3.63) is 41.5 Å². The fourth-order valence-electron chi connectivity index (χ4n) is 1.78. The predicted octanol–water partition coefficient (Wildman–Crippen LogP) is 2.49. The van der Waals surface area contributed by atoms with Gasteiger partial charge in [-0.3, -0.25) is 9.71 Å². The van der Waals surface area contributed by atoms with Crippen molar-refractivity contribution in [2.45, 2.75) is 24.0 Å². The number of aromatic nitrogens is 1. The van der Waals surface area contributed by atoms with E-state index in [0.717, 1.165) is 30.8 Å². The van der Waals surface area contributed by atoms with Gasteiger partial charge in [0.2, 0.25) is 0 Å². The first kappa shape index (κ1) is 15.9. The van der Waals surface area contributed by atoms with E-state index in [1.165, 1.54) is 17.5 Å². The summed E-state index contributed by atoms with van der Waals surface area (Å²) in [6.45, 7) is 3.97. The summed E-state index contributed by atoms with van der Waals surface area (Å²) in [6, 6.07) is 6.89. The molecule has 0 fully saturated rings. The van der Waals surface area contributed by atoms with Gasteiger partial charge in [0, 0.05) is 11.1 Å². The number of anilines is 1. The first-order valence-corrected chi connectivity index (χ1v) is 9.14. The monoisotopic (exact) mass is 325 g/mol. The quantitative estimate of drug-likeness (QED) is 0.732. The Balaban J connectivity index is 1.99. The fraction of sp³-hybridized carbons (Fsp3) is 0.357. The normalized spacial score (nSPS) is 11.5. The van der Waals surface area contributed by atoms with Crippen molar-refractivity contribution >= 4 is 27.0 Å². The summed E-state index contributed by atoms with van der Waals surface area (Å²) in [5.41, 5.74) is 0.470. The lowest BCUT2D eigenvalue weighted by molar-refractivity contribution is 0.603. The second-order valence-electron chi connectivity index (χ2n) is 4.57.